The van der Waals surface area contributed by atoms with Crippen molar-refractivity contribution in [1.82, 2.24) is 5.32 Å². The van der Waals surface area contributed by atoms with E-state index in [9.17, 15) is 4.79 Å². The third-order valence-corrected chi connectivity index (χ3v) is 6.57. The van der Waals surface area contributed by atoms with Crippen molar-refractivity contribution in [3.8, 4) is 0 Å². The van der Waals surface area contributed by atoms with Crippen LogP contribution in [0.1, 0.15) is 46.5 Å². The normalized spacial score (nSPS) is 11.8. The Hall–Kier alpha value is -0.440. The topological polar surface area (TPSA) is 140 Å². The lowest BCUT2D eigenvalue weighted by molar-refractivity contribution is -0.0275. The van der Waals surface area contributed by atoms with E-state index < -0.39 is 11.7 Å². The SMILES string of the molecule is CC(C)(C)OC(=O)NCCOCCOCCOCCOCCOCCOCCOCCOCCOCCOCCOCCCCCCI. The summed E-state index contributed by atoms with van der Waals surface area (Å²) in [6.07, 6.45) is 4.52. The fraction of sp³-hybridized carbons (Fsp3) is 0.970. The van der Waals surface area contributed by atoms with Gasteiger partial charge >= 0.3 is 6.09 Å². The Morgan fingerprint density at radius 1 is 0.417 bits per heavy atom. The summed E-state index contributed by atoms with van der Waals surface area (Å²) in [6.45, 7) is 17.4. The third-order valence-electron chi connectivity index (χ3n) is 5.81. The quantitative estimate of drug-likeness (QED) is 0.0549. The molecule has 0 aliphatic heterocycles. The van der Waals surface area contributed by atoms with Crippen molar-refractivity contribution in [3.63, 3.8) is 0 Å². The summed E-state index contributed by atoms with van der Waals surface area (Å²) in [6, 6.07) is 0. The molecule has 1 amide bonds. The number of alkyl carbamates (subject to hydrolysis) is 1. The van der Waals surface area contributed by atoms with Crippen LogP contribution in [0.4, 0.5) is 4.79 Å². The van der Waals surface area contributed by atoms with Gasteiger partial charge in [-0.15, -0.1) is 0 Å². The smallest absolute Gasteiger partial charge is 0.407 e. The molecule has 0 aromatic rings. The molecule has 0 saturated heterocycles. The minimum atomic E-state index is -0.510. The van der Waals surface area contributed by atoms with E-state index in [2.05, 4.69) is 27.9 Å². The zero-order valence-corrected chi connectivity index (χ0v) is 32.1. The zero-order chi connectivity index (χ0) is 35.1. The molecule has 0 bridgehead atoms. The van der Waals surface area contributed by atoms with Crippen LogP contribution in [0.3, 0.4) is 0 Å². The van der Waals surface area contributed by atoms with Gasteiger partial charge in [0.05, 0.1) is 139 Å². The van der Waals surface area contributed by atoms with Gasteiger partial charge in [0.1, 0.15) is 5.60 Å². The molecular formula is C33H66INO13. The highest BCUT2D eigenvalue weighted by atomic mass is 127. The number of amides is 1. The van der Waals surface area contributed by atoms with Crippen molar-refractivity contribution in [2.24, 2.45) is 0 Å². The Morgan fingerprint density at radius 2 is 0.688 bits per heavy atom. The number of carbonyl (C=O) groups is 1. The van der Waals surface area contributed by atoms with E-state index in [4.69, 9.17) is 56.8 Å². The lowest BCUT2D eigenvalue weighted by atomic mass is 10.2. The van der Waals surface area contributed by atoms with Gasteiger partial charge in [-0.05, 0) is 38.0 Å². The summed E-state index contributed by atoms with van der Waals surface area (Å²) in [5.41, 5.74) is -0.510. The minimum Gasteiger partial charge on any atom is -0.444 e. The molecule has 0 saturated carbocycles. The maximum absolute atomic E-state index is 11.5. The van der Waals surface area contributed by atoms with Crippen molar-refractivity contribution in [3.05, 3.63) is 0 Å². The van der Waals surface area contributed by atoms with Crippen LogP contribution in [0.25, 0.3) is 0 Å². The van der Waals surface area contributed by atoms with Crippen molar-refractivity contribution in [2.45, 2.75) is 52.1 Å². The monoisotopic (exact) mass is 811 g/mol. The summed E-state index contributed by atoms with van der Waals surface area (Å²) in [7, 11) is 0. The molecule has 0 radical (unpaired) electrons. The molecule has 1 N–H and O–H groups in total. The molecule has 0 aromatic heterocycles. The number of carbonyl (C=O) groups excluding carboxylic acids is 1. The molecular weight excluding hydrogens is 745 g/mol. The summed E-state index contributed by atoms with van der Waals surface area (Å²) in [5.74, 6) is 0. The van der Waals surface area contributed by atoms with Crippen LogP contribution in [0.5, 0.6) is 0 Å². The number of unbranched alkanes of at least 4 members (excludes halogenated alkanes) is 3. The van der Waals surface area contributed by atoms with E-state index in [0.717, 1.165) is 13.0 Å². The van der Waals surface area contributed by atoms with E-state index in [1.54, 1.807) is 0 Å². The van der Waals surface area contributed by atoms with E-state index in [0.29, 0.717) is 145 Å². The first-order valence-corrected chi connectivity index (χ1v) is 18.9. The molecule has 0 aliphatic rings. The fourth-order valence-corrected chi connectivity index (χ4v) is 4.03. The number of ether oxygens (including phenoxy) is 12. The van der Waals surface area contributed by atoms with Crippen LogP contribution in [-0.4, -0.2) is 168 Å². The molecule has 0 unspecified atom stereocenters. The van der Waals surface area contributed by atoms with Gasteiger partial charge in [0.2, 0.25) is 0 Å². The molecule has 48 heavy (non-hydrogen) atoms. The van der Waals surface area contributed by atoms with Gasteiger partial charge in [0, 0.05) is 13.2 Å². The van der Waals surface area contributed by atoms with Crippen LogP contribution in [0.15, 0.2) is 0 Å². The number of halogens is 1. The van der Waals surface area contributed by atoms with Crippen LogP contribution < -0.4 is 5.32 Å². The Labute approximate surface area is 303 Å². The van der Waals surface area contributed by atoms with E-state index in [-0.39, 0.29) is 0 Å². The maximum atomic E-state index is 11.5. The summed E-state index contributed by atoms with van der Waals surface area (Å²) < 4.78 is 66.6. The van der Waals surface area contributed by atoms with Crippen molar-refractivity contribution < 1.29 is 61.6 Å². The van der Waals surface area contributed by atoms with Crippen molar-refractivity contribution in [1.29, 1.82) is 0 Å². The molecule has 0 rings (SSSR count). The molecule has 0 fully saturated rings. The molecule has 0 spiro atoms. The average Bonchev–Trinajstić information content (AvgIpc) is 3.05. The van der Waals surface area contributed by atoms with Gasteiger partial charge in [-0.1, -0.05) is 35.4 Å². The predicted octanol–water partition coefficient (Wildman–Crippen LogP) is 3.69. The molecule has 0 aliphatic carbocycles. The van der Waals surface area contributed by atoms with E-state index in [1.807, 2.05) is 20.8 Å². The van der Waals surface area contributed by atoms with Gasteiger partial charge in [0.25, 0.3) is 0 Å². The van der Waals surface area contributed by atoms with Crippen LogP contribution in [0, 0.1) is 0 Å². The number of rotatable bonds is 39. The van der Waals surface area contributed by atoms with Gasteiger partial charge in [0.15, 0.2) is 0 Å². The Balaban J connectivity index is 3.09. The third kappa shape index (κ3) is 43.6. The molecule has 0 atom stereocenters. The molecule has 288 valence electrons. The number of alkyl halides is 1. The van der Waals surface area contributed by atoms with E-state index in [1.165, 1.54) is 23.7 Å². The second-order valence-corrected chi connectivity index (χ2v) is 12.3. The number of nitrogens with one attached hydrogen (secondary N) is 1. The highest BCUT2D eigenvalue weighted by Crippen LogP contribution is 2.06. The zero-order valence-electron chi connectivity index (χ0n) is 30.0. The highest BCUT2D eigenvalue weighted by molar-refractivity contribution is 14.1. The Kier molecular flexibility index (Phi) is 39.0. The number of hydrogen-bond donors (Lipinski definition) is 1. The van der Waals surface area contributed by atoms with Crippen LogP contribution >= 0.6 is 22.6 Å². The fourth-order valence-electron chi connectivity index (χ4n) is 3.49. The first-order valence-electron chi connectivity index (χ1n) is 17.3. The molecule has 15 heteroatoms. The molecule has 14 nitrogen and oxygen atoms in total. The summed E-state index contributed by atoms with van der Waals surface area (Å²) in [4.78, 5) is 11.5. The summed E-state index contributed by atoms with van der Waals surface area (Å²) >= 11 is 2.42. The van der Waals surface area contributed by atoms with Crippen molar-refractivity contribution >= 4 is 28.7 Å². The van der Waals surface area contributed by atoms with Crippen LogP contribution in [0.2, 0.25) is 0 Å². The first-order chi connectivity index (χ1) is 23.5. The standard InChI is InChI=1S/C33H66INO13/c1-33(2,3)48-32(36)35-9-11-38-13-15-40-17-19-42-21-23-44-25-27-46-29-31-47-30-28-45-26-24-43-22-20-41-18-16-39-14-12-37-10-7-5-4-6-8-34/h4-31H2,1-3H3,(H,35,36). The second kappa shape index (κ2) is 39.3. The Bertz CT molecular complexity index is 647. The molecule has 0 heterocycles. The highest BCUT2D eigenvalue weighted by Gasteiger charge is 2.15. The second-order valence-electron chi connectivity index (χ2n) is 11.3. The lowest BCUT2D eigenvalue weighted by Crippen LogP contribution is -2.34. The van der Waals surface area contributed by atoms with Gasteiger partial charge in [-0.2, -0.15) is 0 Å². The largest absolute Gasteiger partial charge is 0.444 e. The van der Waals surface area contributed by atoms with Gasteiger partial charge in [-0.25, -0.2) is 4.79 Å². The average molecular weight is 812 g/mol. The van der Waals surface area contributed by atoms with Crippen molar-refractivity contribution in [2.75, 3.05) is 156 Å². The molecule has 0 aromatic carbocycles. The van der Waals surface area contributed by atoms with Gasteiger partial charge in [-0.3, -0.25) is 0 Å². The van der Waals surface area contributed by atoms with Crippen LogP contribution in [-0.2, 0) is 56.8 Å². The van der Waals surface area contributed by atoms with Gasteiger partial charge < -0.3 is 62.2 Å². The summed E-state index contributed by atoms with van der Waals surface area (Å²) in [5, 5.41) is 2.63. The predicted molar refractivity (Wildman–Crippen MR) is 191 cm³/mol. The number of hydrogen-bond acceptors (Lipinski definition) is 13. The first kappa shape index (κ1) is 47.6. The van der Waals surface area contributed by atoms with E-state index >= 15 is 0 Å². The maximum Gasteiger partial charge on any atom is 0.407 e. The Morgan fingerprint density at radius 3 is 0.979 bits per heavy atom. The minimum absolute atomic E-state index is 0.384. The lowest BCUT2D eigenvalue weighted by Gasteiger charge is -2.19.